The summed E-state index contributed by atoms with van der Waals surface area (Å²) in [7, 11) is 3.10. The average molecular weight is 234 g/mol. The van der Waals surface area contributed by atoms with Gasteiger partial charge in [-0.1, -0.05) is 0 Å². The number of nitrogens with zero attached hydrogens (tertiary/aromatic N) is 1. The first kappa shape index (κ1) is 14.7. The van der Waals surface area contributed by atoms with Gasteiger partial charge >= 0.3 is 12.0 Å². The maximum Gasteiger partial charge on any atom is 0.328 e. The zero-order valence-electron chi connectivity index (χ0n) is 9.47. The van der Waals surface area contributed by atoms with E-state index in [1.807, 2.05) is 0 Å². The number of aliphatic carboxylic acids is 1. The second-order valence-electron chi connectivity index (χ2n) is 3.29. The van der Waals surface area contributed by atoms with Crippen LogP contribution in [0.3, 0.4) is 0 Å². The maximum atomic E-state index is 11.4. The third kappa shape index (κ3) is 5.52. The fourth-order valence-corrected chi connectivity index (χ4v) is 0.992. The van der Waals surface area contributed by atoms with Gasteiger partial charge in [0.15, 0.2) is 6.04 Å². The number of ether oxygens (including phenoxy) is 1. The second-order valence-corrected chi connectivity index (χ2v) is 3.29. The number of rotatable bonds is 7. The van der Waals surface area contributed by atoms with Crippen LogP contribution in [0.4, 0.5) is 4.79 Å². The molecule has 0 aromatic heterocycles. The van der Waals surface area contributed by atoms with Gasteiger partial charge < -0.3 is 25.2 Å². The normalized spacial score (nSPS) is 11.9. The Morgan fingerprint density at radius 2 is 2.12 bits per heavy atom. The molecule has 0 aliphatic carbocycles. The van der Waals surface area contributed by atoms with Crippen LogP contribution in [0.25, 0.3) is 0 Å². The molecule has 0 spiro atoms. The standard InChI is InChI=1S/C9H18N2O5/c1-11(4-3-5-16-2)9(15)10-7(6-12)8(13)14/h7,12H,3-6H2,1-2H3,(H,10,15)(H,13,14)/t7-/m1/s1. The highest BCUT2D eigenvalue weighted by molar-refractivity contribution is 5.82. The number of carboxylic acid groups (broad SMARTS) is 1. The Labute approximate surface area is 94.0 Å². The molecule has 7 nitrogen and oxygen atoms in total. The molecular formula is C9H18N2O5. The minimum absolute atomic E-state index is 0.456. The van der Waals surface area contributed by atoms with Crippen LogP contribution >= 0.6 is 0 Å². The van der Waals surface area contributed by atoms with Crippen LogP contribution in [-0.4, -0.2) is 67.1 Å². The van der Waals surface area contributed by atoms with Crippen LogP contribution in [-0.2, 0) is 9.53 Å². The third-order valence-electron chi connectivity index (χ3n) is 1.97. The first-order valence-electron chi connectivity index (χ1n) is 4.87. The molecular weight excluding hydrogens is 216 g/mol. The number of methoxy groups -OCH3 is 1. The summed E-state index contributed by atoms with van der Waals surface area (Å²) in [4.78, 5) is 23.3. The Kier molecular flexibility index (Phi) is 7.23. The van der Waals surface area contributed by atoms with E-state index in [0.29, 0.717) is 19.6 Å². The highest BCUT2D eigenvalue weighted by atomic mass is 16.5. The molecule has 0 aromatic rings. The molecule has 1 atom stereocenters. The van der Waals surface area contributed by atoms with Crippen molar-refractivity contribution in [1.82, 2.24) is 10.2 Å². The van der Waals surface area contributed by atoms with Crippen molar-refractivity contribution in [2.45, 2.75) is 12.5 Å². The third-order valence-corrected chi connectivity index (χ3v) is 1.97. The summed E-state index contributed by atoms with van der Waals surface area (Å²) in [6, 6.07) is -1.80. The molecule has 94 valence electrons. The van der Waals surface area contributed by atoms with Crippen molar-refractivity contribution in [3.63, 3.8) is 0 Å². The molecule has 7 heteroatoms. The number of aliphatic hydroxyl groups is 1. The highest BCUT2D eigenvalue weighted by Crippen LogP contribution is 1.91. The smallest absolute Gasteiger partial charge is 0.328 e. The van der Waals surface area contributed by atoms with E-state index in [4.69, 9.17) is 14.9 Å². The fraction of sp³-hybridized carbons (Fsp3) is 0.778. The van der Waals surface area contributed by atoms with Crippen molar-refractivity contribution >= 4 is 12.0 Å². The molecule has 0 aliphatic heterocycles. The van der Waals surface area contributed by atoms with Gasteiger partial charge in [-0.25, -0.2) is 9.59 Å². The van der Waals surface area contributed by atoms with E-state index in [0.717, 1.165) is 0 Å². The van der Waals surface area contributed by atoms with Crippen molar-refractivity contribution in [2.24, 2.45) is 0 Å². The topological polar surface area (TPSA) is 99.1 Å². The van der Waals surface area contributed by atoms with E-state index >= 15 is 0 Å². The Morgan fingerprint density at radius 1 is 1.50 bits per heavy atom. The van der Waals surface area contributed by atoms with Crippen LogP contribution in [0.5, 0.6) is 0 Å². The lowest BCUT2D eigenvalue weighted by molar-refractivity contribution is -0.140. The van der Waals surface area contributed by atoms with Crippen LogP contribution in [0.15, 0.2) is 0 Å². The van der Waals surface area contributed by atoms with Gasteiger partial charge in [-0.2, -0.15) is 0 Å². The van der Waals surface area contributed by atoms with Crippen LogP contribution in [0.2, 0.25) is 0 Å². The molecule has 0 radical (unpaired) electrons. The maximum absolute atomic E-state index is 11.4. The number of nitrogens with one attached hydrogen (secondary N) is 1. The summed E-state index contributed by atoms with van der Waals surface area (Å²) in [6.07, 6.45) is 0.664. The molecule has 0 saturated heterocycles. The highest BCUT2D eigenvalue weighted by Gasteiger charge is 2.20. The monoisotopic (exact) mass is 234 g/mol. The summed E-state index contributed by atoms with van der Waals surface area (Å²) in [5, 5.41) is 19.5. The number of carbonyl (C=O) groups excluding carboxylic acids is 1. The minimum Gasteiger partial charge on any atom is -0.480 e. The van der Waals surface area contributed by atoms with Gasteiger partial charge in [0, 0.05) is 27.3 Å². The van der Waals surface area contributed by atoms with Crippen molar-refractivity contribution < 1.29 is 24.5 Å². The Bertz CT molecular complexity index is 234. The number of aliphatic hydroxyl groups excluding tert-OH is 1. The van der Waals surface area contributed by atoms with Gasteiger partial charge in [0.05, 0.1) is 6.61 Å². The Balaban J connectivity index is 3.98. The Morgan fingerprint density at radius 3 is 2.56 bits per heavy atom. The van der Waals surface area contributed by atoms with Gasteiger partial charge in [-0.15, -0.1) is 0 Å². The van der Waals surface area contributed by atoms with Crippen LogP contribution in [0, 0.1) is 0 Å². The number of carboxylic acids is 1. The van der Waals surface area contributed by atoms with Crippen molar-refractivity contribution in [3.8, 4) is 0 Å². The summed E-state index contributed by atoms with van der Waals surface area (Å²) in [5.74, 6) is -1.26. The van der Waals surface area contributed by atoms with Crippen LogP contribution < -0.4 is 5.32 Å². The van der Waals surface area contributed by atoms with Crippen molar-refractivity contribution in [2.75, 3.05) is 33.9 Å². The average Bonchev–Trinajstić information content (AvgIpc) is 2.25. The molecule has 16 heavy (non-hydrogen) atoms. The zero-order valence-corrected chi connectivity index (χ0v) is 9.47. The Hall–Kier alpha value is -1.34. The van der Waals surface area contributed by atoms with Gasteiger partial charge in [-0.05, 0) is 6.42 Å². The number of amides is 2. The van der Waals surface area contributed by atoms with E-state index in [1.165, 1.54) is 4.90 Å². The molecule has 0 fully saturated rings. The fourth-order valence-electron chi connectivity index (χ4n) is 0.992. The number of hydrogen-bond donors (Lipinski definition) is 3. The predicted octanol–water partition coefficient (Wildman–Crippen LogP) is -0.890. The second kappa shape index (κ2) is 7.89. The molecule has 0 unspecified atom stereocenters. The van der Waals surface area contributed by atoms with E-state index in [2.05, 4.69) is 5.32 Å². The molecule has 2 amide bonds. The van der Waals surface area contributed by atoms with Crippen molar-refractivity contribution in [1.29, 1.82) is 0 Å². The molecule has 0 bridgehead atoms. The zero-order chi connectivity index (χ0) is 12.6. The van der Waals surface area contributed by atoms with Gasteiger partial charge in [0.25, 0.3) is 0 Å². The lowest BCUT2D eigenvalue weighted by Gasteiger charge is -2.20. The van der Waals surface area contributed by atoms with Gasteiger partial charge in [-0.3, -0.25) is 0 Å². The molecule has 0 rings (SSSR count). The van der Waals surface area contributed by atoms with E-state index in [-0.39, 0.29) is 0 Å². The summed E-state index contributed by atoms with van der Waals surface area (Å²) in [5.41, 5.74) is 0. The summed E-state index contributed by atoms with van der Waals surface area (Å²) in [6.45, 7) is 0.352. The molecule has 0 saturated carbocycles. The molecule has 0 aliphatic rings. The van der Waals surface area contributed by atoms with Crippen molar-refractivity contribution in [3.05, 3.63) is 0 Å². The summed E-state index contributed by atoms with van der Waals surface area (Å²) >= 11 is 0. The van der Waals surface area contributed by atoms with E-state index in [1.54, 1.807) is 14.2 Å². The quantitative estimate of drug-likeness (QED) is 0.496. The van der Waals surface area contributed by atoms with Crippen LogP contribution in [0.1, 0.15) is 6.42 Å². The lowest BCUT2D eigenvalue weighted by atomic mass is 10.3. The molecule has 0 aromatic carbocycles. The first-order chi connectivity index (χ1) is 7.52. The minimum atomic E-state index is -1.27. The van der Waals surface area contributed by atoms with E-state index in [9.17, 15) is 9.59 Å². The van der Waals surface area contributed by atoms with Gasteiger partial charge in [0.1, 0.15) is 0 Å². The molecule has 3 N–H and O–H groups in total. The SMILES string of the molecule is COCCCN(C)C(=O)N[C@H](CO)C(=O)O. The first-order valence-corrected chi connectivity index (χ1v) is 4.87. The van der Waals surface area contributed by atoms with Gasteiger partial charge in [0.2, 0.25) is 0 Å². The summed E-state index contributed by atoms with van der Waals surface area (Å²) < 4.78 is 4.82. The molecule has 0 heterocycles. The number of carbonyl (C=O) groups is 2. The van der Waals surface area contributed by atoms with E-state index < -0.39 is 24.6 Å². The number of urea groups is 1. The lowest BCUT2D eigenvalue weighted by Crippen LogP contribution is -2.48. The largest absolute Gasteiger partial charge is 0.480 e. The predicted molar refractivity (Wildman–Crippen MR) is 56.2 cm³/mol. The number of hydrogen-bond acceptors (Lipinski definition) is 4.